The fourth-order valence-electron chi connectivity index (χ4n) is 8.22. The van der Waals surface area contributed by atoms with Crippen LogP contribution in [0, 0.1) is 56.1 Å². The van der Waals surface area contributed by atoms with Crippen LogP contribution >= 0.6 is 0 Å². The van der Waals surface area contributed by atoms with Gasteiger partial charge in [0.25, 0.3) is 0 Å². The second-order valence-electron chi connectivity index (χ2n) is 19.7. The van der Waals surface area contributed by atoms with Crippen molar-refractivity contribution in [1.82, 2.24) is 29.9 Å². The zero-order chi connectivity index (χ0) is 59.5. The number of benzene rings is 6. The molecular formula is C78H71FIr6N6-6. The van der Waals surface area contributed by atoms with Gasteiger partial charge in [-0.2, -0.15) is 0 Å². The zero-order valence-electron chi connectivity index (χ0n) is 51.3. The molecule has 0 saturated carbocycles. The first-order valence-electron chi connectivity index (χ1n) is 28.9. The van der Waals surface area contributed by atoms with Crippen LogP contribution in [0.3, 0.4) is 0 Å². The monoisotopic (exact) mass is 2270 g/mol. The summed E-state index contributed by atoms with van der Waals surface area (Å²) in [6.45, 7) is 10.7. The Kier molecular flexibility index (Phi) is 44.5. The smallest absolute Gasteiger partial charge is 0.0379 e. The van der Waals surface area contributed by atoms with Crippen LogP contribution in [0.25, 0.3) is 67.5 Å². The summed E-state index contributed by atoms with van der Waals surface area (Å²) in [6, 6.07) is 89.6. The van der Waals surface area contributed by atoms with E-state index in [0.717, 1.165) is 86.8 Å². The van der Waals surface area contributed by atoms with Crippen LogP contribution < -0.4 is 0 Å². The molecule has 0 aliphatic rings. The molecular weight excluding hydrogens is 2190 g/mol. The van der Waals surface area contributed by atoms with Crippen molar-refractivity contribution in [3.05, 3.63) is 326 Å². The molecule has 12 aromatic rings. The number of nitrogens with zero attached hydrogens (tertiary/aromatic N) is 6. The molecule has 6 radical (unpaired) electrons. The fraction of sp³-hybridized carbons (Fsp3) is 0.154. The molecule has 6 aromatic carbocycles. The quantitative estimate of drug-likeness (QED) is 0.107. The van der Waals surface area contributed by atoms with Gasteiger partial charge < -0.3 is 29.9 Å². The molecule has 6 nitrogen and oxygen atoms in total. The van der Waals surface area contributed by atoms with Gasteiger partial charge >= 0.3 is 0 Å². The van der Waals surface area contributed by atoms with Gasteiger partial charge in [0.2, 0.25) is 0 Å². The Bertz CT molecular complexity index is 3580. The number of pyridine rings is 6. The molecule has 0 saturated heterocycles. The minimum absolute atomic E-state index is 0. The molecule has 6 heterocycles. The second kappa shape index (κ2) is 48.7. The zero-order valence-corrected chi connectivity index (χ0v) is 65.6. The number of halogens is 1. The number of hydrogen-bond acceptors (Lipinski definition) is 6. The first-order valence-corrected chi connectivity index (χ1v) is 28.9. The van der Waals surface area contributed by atoms with Gasteiger partial charge in [-0.1, -0.05) is 145 Å². The molecule has 480 valence electrons. The predicted molar refractivity (Wildman–Crippen MR) is 347 cm³/mol. The number of unbranched alkanes of at least 4 members (excludes halogenated alkanes) is 2. The van der Waals surface area contributed by atoms with Crippen molar-refractivity contribution in [2.24, 2.45) is 0 Å². The van der Waals surface area contributed by atoms with Crippen LogP contribution in [-0.2, 0) is 140 Å². The molecule has 91 heavy (non-hydrogen) atoms. The Balaban J connectivity index is 0.000000541. The molecule has 0 unspecified atom stereocenters. The van der Waals surface area contributed by atoms with Gasteiger partial charge in [0.15, 0.2) is 0 Å². The molecule has 0 aliphatic heterocycles. The molecule has 0 N–H and O–H groups in total. The largest absolute Gasteiger partial charge is 0.305 e. The van der Waals surface area contributed by atoms with Gasteiger partial charge in [-0.25, -0.2) is 0 Å². The van der Waals surface area contributed by atoms with E-state index in [4.69, 9.17) is 0 Å². The van der Waals surface area contributed by atoms with Crippen LogP contribution in [-0.4, -0.2) is 29.9 Å². The molecule has 12 rings (SSSR count). The number of aryl methyl sites for hydroxylation is 5. The summed E-state index contributed by atoms with van der Waals surface area (Å²) >= 11 is 0. The SMILES string of the molecule is CCCCc1c[c-]c(-c2cc(C)ccn2)cc1.CCCCc1c[c-]c(-c2ccccn2)cc1.CCc1c[c-]c(-c2ccccn2)cc1.Cc1c[c-]c(-c2ccccn2)cc1.Fc1c[c-]c(-c2ccccn2)cc1.[Ir].[Ir].[Ir].[Ir].[Ir].[Ir].[c-]1ccccc1-c1ccccn1. The summed E-state index contributed by atoms with van der Waals surface area (Å²) in [5.41, 5.74) is 18.3. The number of hydrogen-bond donors (Lipinski definition) is 0. The fourth-order valence-corrected chi connectivity index (χ4v) is 8.22. The van der Waals surface area contributed by atoms with Crippen molar-refractivity contribution >= 4 is 0 Å². The van der Waals surface area contributed by atoms with Crippen LogP contribution in [0.15, 0.2) is 256 Å². The van der Waals surface area contributed by atoms with E-state index in [1.165, 1.54) is 65.6 Å². The van der Waals surface area contributed by atoms with Crippen LogP contribution in [0.2, 0.25) is 0 Å². The summed E-state index contributed by atoms with van der Waals surface area (Å²) in [5.74, 6) is -0.278. The Morgan fingerprint density at radius 2 is 0.659 bits per heavy atom. The summed E-state index contributed by atoms with van der Waals surface area (Å²) in [7, 11) is 0. The number of aromatic nitrogens is 6. The summed E-state index contributed by atoms with van der Waals surface area (Å²) in [5, 5.41) is 0. The Labute approximate surface area is 621 Å². The van der Waals surface area contributed by atoms with E-state index >= 15 is 0 Å². The minimum atomic E-state index is -0.278. The van der Waals surface area contributed by atoms with Crippen molar-refractivity contribution in [3.63, 3.8) is 0 Å². The van der Waals surface area contributed by atoms with Crippen molar-refractivity contribution < 1.29 is 125 Å². The van der Waals surface area contributed by atoms with Crippen LogP contribution in [0.5, 0.6) is 0 Å². The third-order valence-electron chi connectivity index (χ3n) is 13.0. The Morgan fingerprint density at radius 3 is 0.967 bits per heavy atom. The molecule has 0 fully saturated rings. The topological polar surface area (TPSA) is 77.3 Å². The van der Waals surface area contributed by atoms with Gasteiger partial charge in [0.05, 0.1) is 0 Å². The van der Waals surface area contributed by atoms with Gasteiger partial charge in [0, 0.05) is 164 Å². The standard InChI is InChI=1S/C16H18N.C15H16N.C13H12N.C12H10N.C11H7FN.C11H8N.6Ir/c1-3-4-5-14-6-8-15(9-7-14)16-12-13(2)10-11-17-16;1-2-3-6-13-8-10-14(11-9-13)15-7-4-5-12-16-15;1-2-11-6-8-12(9-7-11)13-5-3-4-10-14-13;1-10-5-7-11(8-6-10)12-4-2-3-9-13-12;12-10-6-4-9(5-7-10)11-3-1-2-8-13-11;1-2-6-10(7-3-1)11-8-4-5-9-12-11;;;;;;/h6-8,10-12H,3-5H2,1-2H3;4-5,7-10,12H,2-3,6H2,1H3;3-8,10H,2H2,1H3;2-7,9H,1H3;1-4,6-8H;1-6,8-9H;;;;;;/q6*-1;;;;;;. The van der Waals surface area contributed by atoms with Crippen molar-refractivity contribution in [2.75, 3.05) is 0 Å². The van der Waals surface area contributed by atoms with E-state index in [0.29, 0.717) is 0 Å². The first-order chi connectivity index (χ1) is 41.8. The molecule has 13 heteroatoms. The van der Waals surface area contributed by atoms with Gasteiger partial charge in [-0.05, 0) is 77.5 Å². The summed E-state index contributed by atoms with van der Waals surface area (Å²) in [4.78, 5) is 25.5. The van der Waals surface area contributed by atoms with Gasteiger partial charge in [-0.3, -0.25) is 4.39 Å². The van der Waals surface area contributed by atoms with Crippen LogP contribution in [0.4, 0.5) is 4.39 Å². The molecule has 0 aliphatic carbocycles. The maximum absolute atomic E-state index is 12.6. The molecule has 0 bridgehead atoms. The van der Waals surface area contributed by atoms with Gasteiger partial charge in [0.1, 0.15) is 0 Å². The summed E-state index contributed by atoms with van der Waals surface area (Å²) < 4.78 is 12.6. The van der Waals surface area contributed by atoms with E-state index in [2.05, 4.69) is 162 Å². The number of rotatable bonds is 13. The Morgan fingerprint density at radius 1 is 0.308 bits per heavy atom. The third-order valence-corrected chi connectivity index (χ3v) is 13.0. The maximum Gasteiger partial charge on any atom is 0.0379 e. The van der Waals surface area contributed by atoms with E-state index in [9.17, 15) is 4.39 Å². The van der Waals surface area contributed by atoms with Crippen molar-refractivity contribution in [1.29, 1.82) is 0 Å². The minimum Gasteiger partial charge on any atom is -0.305 e. The predicted octanol–water partition coefficient (Wildman–Crippen LogP) is 19.3. The van der Waals surface area contributed by atoms with Gasteiger partial charge in [-0.15, -0.1) is 207 Å². The van der Waals surface area contributed by atoms with E-state index < -0.39 is 0 Å². The van der Waals surface area contributed by atoms with Crippen molar-refractivity contribution in [2.45, 2.75) is 79.6 Å². The summed E-state index contributed by atoms with van der Waals surface area (Å²) in [6.07, 6.45) is 19.1. The third kappa shape index (κ3) is 30.6. The maximum atomic E-state index is 12.6. The second-order valence-corrected chi connectivity index (χ2v) is 19.7. The van der Waals surface area contributed by atoms with Crippen LogP contribution in [0.1, 0.15) is 74.3 Å². The first kappa shape index (κ1) is 83.1. The molecule has 6 aromatic heterocycles. The van der Waals surface area contributed by atoms with E-state index in [1.807, 2.05) is 152 Å². The molecule has 0 amide bonds. The van der Waals surface area contributed by atoms with E-state index in [1.54, 1.807) is 30.9 Å². The molecule has 0 spiro atoms. The Hall–Kier alpha value is -5.95. The average Bonchev–Trinajstić information content (AvgIpc) is 2.45. The normalized spacial score (nSPS) is 9.43. The molecule has 0 atom stereocenters. The van der Waals surface area contributed by atoms with Crippen molar-refractivity contribution in [3.8, 4) is 67.5 Å². The average molecular weight is 2260 g/mol. The van der Waals surface area contributed by atoms with E-state index in [-0.39, 0.29) is 126 Å².